The van der Waals surface area contributed by atoms with Crippen LogP contribution in [0.25, 0.3) is 0 Å². The number of likely N-dealkylation sites (N-methyl/N-ethyl adjacent to an activating group) is 1. The molecule has 1 unspecified atom stereocenters. The normalized spacial score (nSPS) is 13.6. The summed E-state index contributed by atoms with van der Waals surface area (Å²) in [6.45, 7) is 4.43. The van der Waals surface area contributed by atoms with E-state index in [0.717, 1.165) is 32.1 Å². The number of phosphoric ester groups is 1. The standard InChI is InChI=1S/C46H90NO8P/c1-6-8-10-12-14-16-18-20-22-23-25-27-29-31-33-35-37-39-46(49)55-44(43-54-56(50,51)53-41-40-47(3,4)5)42-52-45(48)38-36-34-32-30-28-26-24-21-19-17-15-13-11-9-7-2/h13,15,44H,6-12,14,16-43H2,1-5H3/p+1/b15-13+/t44-/m1/s1. The van der Waals surface area contributed by atoms with Crippen molar-refractivity contribution >= 4 is 19.8 Å². The van der Waals surface area contributed by atoms with E-state index in [0.29, 0.717) is 23.9 Å². The number of esters is 2. The first-order valence-electron chi connectivity index (χ1n) is 23.4. The Kier molecular flexibility index (Phi) is 38.3. The van der Waals surface area contributed by atoms with Gasteiger partial charge in [-0.05, 0) is 32.1 Å². The minimum atomic E-state index is -4.37. The number of quaternary nitrogens is 1. The third-order valence-corrected chi connectivity index (χ3v) is 11.3. The molecule has 9 nitrogen and oxygen atoms in total. The summed E-state index contributed by atoms with van der Waals surface area (Å²) in [6.07, 6.45) is 41.1. The Morgan fingerprint density at radius 3 is 1.38 bits per heavy atom. The monoisotopic (exact) mass is 817 g/mol. The summed E-state index contributed by atoms with van der Waals surface area (Å²) in [7, 11) is 1.49. The molecule has 332 valence electrons. The highest BCUT2D eigenvalue weighted by molar-refractivity contribution is 7.47. The van der Waals surface area contributed by atoms with Crippen molar-refractivity contribution in [3.8, 4) is 0 Å². The lowest BCUT2D eigenvalue weighted by Gasteiger charge is -2.24. The van der Waals surface area contributed by atoms with Gasteiger partial charge in [-0.15, -0.1) is 0 Å². The fourth-order valence-electron chi connectivity index (χ4n) is 6.58. The molecule has 0 aromatic rings. The number of nitrogens with zero attached hydrogens (tertiary/aromatic N) is 1. The highest BCUT2D eigenvalue weighted by Gasteiger charge is 2.27. The molecule has 0 saturated carbocycles. The van der Waals surface area contributed by atoms with Gasteiger partial charge in [0.1, 0.15) is 19.8 Å². The number of rotatable bonds is 43. The van der Waals surface area contributed by atoms with Crippen molar-refractivity contribution in [2.75, 3.05) is 47.5 Å². The summed E-state index contributed by atoms with van der Waals surface area (Å²) in [5, 5.41) is 0. The Balaban J connectivity index is 4.28. The van der Waals surface area contributed by atoms with Crippen LogP contribution >= 0.6 is 7.82 Å². The summed E-state index contributed by atoms with van der Waals surface area (Å²) in [6, 6.07) is 0. The molecular weight excluding hydrogens is 725 g/mol. The van der Waals surface area contributed by atoms with Crippen molar-refractivity contribution < 1.29 is 42.1 Å². The highest BCUT2D eigenvalue weighted by Crippen LogP contribution is 2.43. The van der Waals surface area contributed by atoms with Crippen LogP contribution in [-0.2, 0) is 32.7 Å². The van der Waals surface area contributed by atoms with Crippen LogP contribution < -0.4 is 0 Å². The minimum Gasteiger partial charge on any atom is -0.462 e. The Labute approximate surface area is 346 Å². The molecule has 0 amide bonds. The number of phosphoric acid groups is 1. The molecule has 0 aromatic carbocycles. The Morgan fingerprint density at radius 2 is 0.929 bits per heavy atom. The molecule has 0 aromatic heterocycles. The number of ether oxygens (including phenoxy) is 2. The summed E-state index contributed by atoms with van der Waals surface area (Å²) >= 11 is 0. The van der Waals surface area contributed by atoms with Crippen molar-refractivity contribution in [3.63, 3.8) is 0 Å². The van der Waals surface area contributed by atoms with Crippen molar-refractivity contribution in [1.29, 1.82) is 0 Å². The van der Waals surface area contributed by atoms with Gasteiger partial charge in [0, 0.05) is 12.8 Å². The molecule has 0 saturated heterocycles. The first kappa shape index (κ1) is 54.8. The summed E-state index contributed by atoms with van der Waals surface area (Å²) < 4.78 is 34.4. The second-order valence-corrected chi connectivity index (χ2v) is 18.6. The zero-order chi connectivity index (χ0) is 41.4. The van der Waals surface area contributed by atoms with E-state index in [-0.39, 0.29) is 25.6 Å². The van der Waals surface area contributed by atoms with E-state index in [1.54, 1.807) is 0 Å². The number of unbranched alkanes of at least 4 members (excludes halogenated alkanes) is 27. The summed E-state index contributed by atoms with van der Waals surface area (Å²) in [5.74, 6) is -0.789. The lowest BCUT2D eigenvalue weighted by molar-refractivity contribution is -0.870. The SMILES string of the molecule is CCCC/C=C/CCCCCCCCCCCC(=O)OC[C@H](COP(=O)(O)OCC[N+](C)(C)C)OC(=O)CCCCCCCCCCCCCCCCCCC. The number of carbonyl (C=O) groups excluding carboxylic acids is 2. The van der Waals surface area contributed by atoms with E-state index >= 15 is 0 Å². The maximum absolute atomic E-state index is 12.7. The van der Waals surface area contributed by atoms with Crippen molar-refractivity contribution in [1.82, 2.24) is 0 Å². The maximum atomic E-state index is 12.7. The lowest BCUT2D eigenvalue weighted by Crippen LogP contribution is -2.37. The van der Waals surface area contributed by atoms with E-state index in [1.165, 1.54) is 154 Å². The molecule has 1 N–H and O–H groups in total. The zero-order valence-corrected chi connectivity index (χ0v) is 38.3. The molecule has 0 heterocycles. The molecule has 2 atom stereocenters. The predicted octanol–water partition coefficient (Wildman–Crippen LogP) is 13.4. The van der Waals surface area contributed by atoms with Crippen molar-refractivity contribution in [2.24, 2.45) is 0 Å². The first-order valence-corrected chi connectivity index (χ1v) is 24.9. The van der Waals surface area contributed by atoms with E-state index in [2.05, 4.69) is 26.0 Å². The average molecular weight is 817 g/mol. The largest absolute Gasteiger partial charge is 0.472 e. The van der Waals surface area contributed by atoms with E-state index in [1.807, 2.05) is 21.1 Å². The van der Waals surface area contributed by atoms with E-state index < -0.39 is 26.5 Å². The number of hydrogen-bond acceptors (Lipinski definition) is 7. The van der Waals surface area contributed by atoms with Gasteiger partial charge in [0.2, 0.25) is 0 Å². The molecule has 10 heteroatoms. The quantitative estimate of drug-likeness (QED) is 0.0213. The van der Waals surface area contributed by atoms with Gasteiger partial charge in [-0.3, -0.25) is 18.6 Å². The smallest absolute Gasteiger partial charge is 0.462 e. The van der Waals surface area contributed by atoms with Gasteiger partial charge in [-0.2, -0.15) is 0 Å². The van der Waals surface area contributed by atoms with Crippen molar-refractivity contribution in [2.45, 2.75) is 225 Å². The Hall–Kier alpha value is -1.25. The molecule has 0 fully saturated rings. The maximum Gasteiger partial charge on any atom is 0.472 e. The zero-order valence-electron chi connectivity index (χ0n) is 37.4. The third kappa shape index (κ3) is 42.4. The molecule has 0 spiro atoms. The number of hydrogen-bond donors (Lipinski definition) is 1. The fourth-order valence-corrected chi connectivity index (χ4v) is 7.33. The Morgan fingerprint density at radius 1 is 0.536 bits per heavy atom. The van der Waals surface area contributed by atoms with Crippen LogP contribution in [0, 0.1) is 0 Å². The van der Waals surface area contributed by atoms with Gasteiger partial charge < -0.3 is 18.9 Å². The van der Waals surface area contributed by atoms with Gasteiger partial charge in [0.15, 0.2) is 6.10 Å². The number of carbonyl (C=O) groups is 2. The van der Waals surface area contributed by atoms with Crippen LogP contribution in [0.1, 0.15) is 219 Å². The van der Waals surface area contributed by atoms with Crippen LogP contribution in [-0.4, -0.2) is 74.9 Å². The van der Waals surface area contributed by atoms with Crippen LogP contribution in [0.2, 0.25) is 0 Å². The summed E-state index contributed by atoms with van der Waals surface area (Å²) in [4.78, 5) is 35.4. The van der Waals surface area contributed by atoms with Gasteiger partial charge in [0.05, 0.1) is 27.7 Å². The second-order valence-electron chi connectivity index (χ2n) is 17.1. The van der Waals surface area contributed by atoms with Crippen LogP contribution in [0.3, 0.4) is 0 Å². The Bertz CT molecular complexity index is 969. The molecule has 0 rings (SSSR count). The van der Waals surface area contributed by atoms with Gasteiger partial charge in [-0.1, -0.05) is 187 Å². The number of allylic oxidation sites excluding steroid dienone is 2. The molecule has 0 aliphatic carbocycles. The first-order chi connectivity index (χ1) is 27.0. The van der Waals surface area contributed by atoms with Gasteiger partial charge in [-0.25, -0.2) is 4.57 Å². The second kappa shape index (κ2) is 39.2. The van der Waals surface area contributed by atoms with Crippen LogP contribution in [0.15, 0.2) is 12.2 Å². The van der Waals surface area contributed by atoms with Gasteiger partial charge >= 0.3 is 19.8 Å². The van der Waals surface area contributed by atoms with Crippen molar-refractivity contribution in [3.05, 3.63) is 12.2 Å². The third-order valence-electron chi connectivity index (χ3n) is 10.3. The molecular formula is C46H91NO8P+. The molecule has 56 heavy (non-hydrogen) atoms. The minimum absolute atomic E-state index is 0.0348. The predicted molar refractivity (Wildman–Crippen MR) is 234 cm³/mol. The van der Waals surface area contributed by atoms with Gasteiger partial charge in [0.25, 0.3) is 0 Å². The highest BCUT2D eigenvalue weighted by atomic mass is 31.2. The molecule has 0 aliphatic rings. The van der Waals surface area contributed by atoms with E-state index in [4.69, 9.17) is 18.5 Å². The van der Waals surface area contributed by atoms with Crippen LogP contribution in [0.4, 0.5) is 0 Å². The molecule has 0 bridgehead atoms. The summed E-state index contributed by atoms with van der Waals surface area (Å²) in [5.41, 5.74) is 0. The molecule has 0 radical (unpaired) electrons. The lowest BCUT2D eigenvalue weighted by atomic mass is 10.0. The molecule has 0 aliphatic heterocycles. The topological polar surface area (TPSA) is 108 Å². The average Bonchev–Trinajstić information content (AvgIpc) is 3.15. The fraction of sp³-hybridized carbons (Fsp3) is 0.913. The van der Waals surface area contributed by atoms with Crippen LogP contribution in [0.5, 0.6) is 0 Å². The van der Waals surface area contributed by atoms with E-state index in [9.17, 15) is 19.0 Å².